The molecule has 1 aliphatic rings. The Morgan fingerprint density at radius 2 is 2.11 bits per heavy atom. The van der Waals surface area contributed by atoms with E-state index in [-0.39, 0.29) is 24.1 Å². The molecular weight excluding hydrogens is 400 g/mol. The van der Waals surface area contributed by atoms with Crippen LogP contribution in [0.2, 0.25) is 5.02 Å². The van der Waals surface area contributed by atoms with Crippen molar-refractivity contribution in [1.29, 1.82) is 0 Å². The molecular formula is C19H21ClN4O3S. The van der Waals surface area contributed by atoms with E-state index in [1.165, 1.54) is 22.9 Å². The quantitative estimate of drug-likeness (QED) is 0.803. The van der Waals surface area contributed by atoms with Crippen LogP contribution in [0, 0.1) is 12.8 Å². The highest BCUT2D eigenvalue weighted by molar-refractivity contribution is 8.00. The number of benzene rings is 1. The lowest BCUT2D eigenvalue weighted by molar-refractivity contribution is -0.117. The van der Waals surface area contributed by atoms with Crippen molar-refractivity contribution in [3.05, 3.63) is 45.3 Å². The summed E-state index contributed by atoms with van der Waals surface area (Å²) in [6, 6.07) is 5.30. The Kier molecular flexibility index (Phi) is 6.10. The van der Waals surface area contributed by atoms with E-state index >= 15 is 0 Å². The smallest absolute Gasteiger partial charge is 0.292 e. The third-order valence-electron chi connectivity index (χ3n) is 4.23. The van der Waals surface area contributed by atoms with Gasteiger partial charge in [-0.3, -0.25) is 14.4 Å². The largest absolute Gasteiger partial charge is 0.323 e. The number of aromatic nitrogens is 2. The van der Waals surface area contributed by atoms with Gasteiger partial charge in [-0.1, -0.05) is 37.6 Å². The number of carbonyl (C=O) groups excluding carboxylic acids is 2. The zero-order valence-corrected chi connectivity index (χ0v) is 17.4. The molecule has 9 heteroatoms. The van der Waals surface area contributed by atoms with Gasteiger partial charge < -0.3 is 10.2 Å². The van der Waals surface area contributed by atoms with Crippen LogP contribution in [-0.4, -0.2) is 33.9 Å². The number of hydrogen-bond donors (Lipinski definition) is 1. The minimum absolute atomic E-state index is 0.114. The molecule has 3 rings (SSSR count). The standard InChI is InChI=1S/C19H21ClN4O3S/c1-11(2)8-23-16(26)10-28-14-7-21-24(19(27)18(14)23)9-15(25)22-17-12(3)5-4-6-13(17)20/h4-7,11H,8-10H2,1-3H3,(H,22,25). The van der Waals surface area contributed by atoms with Crippen molar-refractivity contribution >= 4 is 46.6 Å². The van der Waals surface area contributed by atoms with Gasteiger partial charge in [0.15, 0.2) is 0 Å². The third-order valence-corrected chi connectivity index (χ3v) is 5.55. The molecule has 7 nitrogen and oxygen atoms in total. The lowest BCUT2D eigenvalue weighted by Gasteiger charge is -2.29. The number of thioether (sulfide) groups is 1. The second-order valence-corrected chi connectivity index (χ2v) is 8.41. The van der Waals surface area contributed by atoms with Crippen LogP contribution in [0.3, 0.4) is 0 Å². The number of anilines is 2. The van der Waals surface area contributed by atoms with Crippen LogP contribution in [0.15, 0.2) is 34.1 Å². The minimum Gasteiger partial charge on any atom is -0.323 e. The van der Waals surface area contributed by atoms with Crippen LogP contribution in [0.4, 0.5) is 11.4 Å². The van der Waals surface area contributed by atoms with Gasteiger partial charge in [0.25, 0.3) is 5.56 Å². The number of halogens is 1. The Morgan fingerprint density at radius 3 is 2.79 bits per heavy atom. The number of hydrogen-bond acceptors (Lipinski definition) is 5. The van der Waals surface area contributed by atoms with E-state index in [9.17, 15) is 14.4 Å². The molecule has 0 spiro atoms. The van der Waals surface area contributed by atoms with Gasteiger partial charge in [0.05, 0.1) is 27.6 Å². The van der Waals surface area contributed by atoms with E-state index in [2.05, 4.69) is 10.4 Å². The Labute approximate surface area is 172 Å². The molecule has 1 aromatic heterocycles. The first kappa shape index (κ1) is 20.4. The molecule has 1 N–H and O–H groups in total. The molecule has 2 heterocycles. The maximum Gasteiger partial charge on any atom is 0.292 e. The molecule has 1 aromatic carbocycles. The van der Waals surface area contributed by atoms with E-state index in [1.807, 2.05) is 26.8 Å². The number of amides is 2. The van der Waals surface area contributed by atoms with Crippen LogP contribution < -0.4 is 15.8 Å². The summed E-state index contributed by atoms with van der Waals surface area (Å²) < 4.78 is 1.08. The predicted molar refractivity (Wildman–Crippen MR) is 111 cm³/mol. The van der Waals surface area contributed by atoms with E-state index in [4.69, 9.17) is 11.6 Å². The molecule has 0 saturated carbocycles. The number of rotatable bonds is 5. The van der Waals surface area contributed by atoms with Crippen molar-refractivity contribution in [2.45, 2.75) is 32.2 Å². The first-order valence-electron chi connectivity index (χ1n) is 8.86. The lowest BCUT2D eigenvalue weighted by atomic mass is 10.2. The molecule has 0 fully saturated rings. The van der Waals surface area contributed by atoms with Gasteiger partial charge in [-0.15, -0.1) is 11.8 Å². The highest BCUT2D eigenvalue weighted by Gasteiger charge is 2.29. The van der Waals surface area contributed by atoms with Gasteiger partial charge in [0, 0.05) is 6.54 Å². The van der Waals surface area contributed by atoms with Crippen LogP contribution >= 0.6 is 23.4 Å². The van der Waals surface area contributed by atoms with Gasteiger partial charge in [-0.05, 0) is 24.5 Å². The molecule has 0 aliphatic carbocycles. The maximum atomic E-state index is 13.0. The van der Waals surface area contributed by atoms with E-state index in [1.54, 1.807) is 12.1 Å². The fourth-order valence-electron chi connectivity index (χ4n) is 2.94. The molecule has 1 aliphatic heterocycles. The summed E-state index contributed by atoms with van der Waals surface area (Å²) in [5.41, 5.74) is 1.17. The first-order chi connectivity index (χ1) is 13.3. The first-order valence-corrected chi connectivity index (χ1v) is 10.2. The van der Waals surface area contributed by atoms with Crippen molar-refractivity contribution in [3.8, 4) is 0 Å². The Bertz CT molecular complexity index is 969. The number of para-hydroxylation sites is 1. The monoisotopic (exact) mass is 420 g/mol. The van der Waals surface area contributed by atoms with Crippen molar-refractivity contribution in [3.63, 3.8) is 0 Å². The molecule has 0 radical (unpaired) electrons. The predicted octanol–water partition coefficient (Wildman–Crippen LogP) is 2.94. The summed E-state index contributed by atoms with van der Waals surface area (Å²) >= 11 is 7.43. The average molecular weight is 421 g/mol. The van der Waals surface area contributed by atoms with Crippen molar-refractivity contribution in [2.75, 3.05) is 22.5 Å². The Hall–Kier alpha value is -2.32. The topological polar surface area (TPSA) is 84.3 Å². The lowest BCUT2D eigenvalue weighted by Crippen LogP contribution is -2.44. The summed E-state index contributed by atoms with van der Waals surface area (Å²) in [4.78, 5) is 39.9. The molecule has 148 valence electrons. The van der Waals surface area contributed by atoms with Crippen LogP contribution in [0.1, 0.15) is 19.4 Å². The minimum atomic E-state index is -0.454. The summed E-state index contributed by atoms with van der Waals surface area (Å²) in [7, 11) is 0. The molecule has 2 aromatic rings. The summed E-state index contributed by atoms with van der Waals surface area (Å²) in [5.74, 6) is -0.0579. The molecule has 0 saturated heterocycles. The highest BCUT2D eigenvalue weighted by Crippen LogP contribution is 2.32. The van der Waals surface area contributed by atoms with Crippen LogP contribution in [0.25, 0.3) is 0 Å². The van der Waals surface area contributed by atoms with Gasteiger partial charge in [-0.2, -0.15) is 5.10 Å². The van der Waals surface area contributed by atoms with Crippen LogP contribution in [0.5, 0.6) is 0 Å². The number of fused-ring (bicyclic) bond motifs is 1. The van der Waals surface area contributed by atoms with E-state index in [0.29, 0.717) is 27.8 Å². The zero-order chi connectivity index (χ0) is 20.4. The summed E-state index contributed by atoms with van der Waals surface area (Å²) in [5, 5.41) is 7.26. The van der Waals surface area contributed by atoms with Crippen molar-refractivity contribution < 1.29 is 9.59 Å². The number of nitrogens with one attached hydrogen (secondary N) is 1. The molecule has 0 unspecified atom stereocenters. The Morgan fingerprint density at radius 1 is 1.36 bits per heavy atom. The summed E-state index contributed by atoms with van der Waals surface area (Å²) in [6.45, 7) is 5.96. The molecule has 0 bridgehead atoms. The SMILES string of the molecule is Cc1cccc(Cl)c1NC(=O)Cn1ncc2c(c1=O)N(CC(C)C)C(=O)CS2. The number of carbonyl (C=O) groups is 2. The third kappa shape index (κ3) is 4.23. The zero-order valence-electron chi connectivity index (χ0n) is 15.9. The second kappa shape index (κ2) is 8.36. The second-order valence-electron chi connectivity index (χ2n) is 6.99. The summed E-state index contributed by atoms with van der Waals surface area (Å²) in [6.07, 6.45) is 1.54. The Balaban J connectivity index is 1.88. The molecule has 0 atom stereocenters. The van der Waals surface area contributed by atoms with Gasteiger partial charge in [0.1, 0.15) is 12.2 Å². The van der Waals surface area contributed by atoms with Gasteiger partial charge in [0.2, 0.25) is 11.8 Å². The number of nitrogens with zero attached hydrogens (tertiary/aromatic N) is 3. The molecule has 28 heavy (non-hydrogen) atoms. The van der Waals surface area contributed by atoms with Gasteiger partial charge in [-0.25, -0.2) is 4.68 Å². The fourth-order valence-corrected chi connectivity index (χ4v) is 4.10. The van der Waals surface area contributed by atoms with E-state index in [0.717, 1.165) is 10.2 Å². The van der Waals surface area contributed by atoms with E-state index < -0.39 is 11.5 Å². The number of aryl methyl sites for hydroxylation is 1. The fraction of sp³-hybridized carbons (Fsp3) is 0.368. The maximum absolute atomic E-state index is 13.0. The molecule has 2 amide bonds. The normalized spacial score (nSPS) is 13.6. The van der Waals surface area contributed by atoms with Crippen molar-refractivity contribution in [1.82, 2.24) is 9.78 Å². The average Bonchev–Trinajstić information content (AvgIpc) is 2.62. The van der Waals surface area contributed by atoms with Crippen molar-refractivity contribution in [2.24, 2.45) is 5.92 Å². The highest BCUT2D eigenvalue weighted by atomic mass is 35.5. The van der Waals surface area contributed by atoms with Crippen LogP contribution in [-0.2, 0) is 16.1 Å². The van der Waals surface area contributed by atoms with Gasteiger partial charge >= 0.3 is 0 Å².